The van der Waals surface area contributed by atoms with Crippen LogP contribution in [0.5, 0.6) is 0 Å². The zero-order chi connectivity index (χ0) is 14.7. The molecule has 0 saturated heterocycles. The molecule has 1 aromatic carbocycles. The molecule has 0 aliphatic heterocycles. The van der Waals surface area contributed by atoms with E-state index in [4.69, 9.17) is 5.73 Å². The predicted molar refractivity (Wildman–Crippen MR) is 80.8 cm³/mol. The Balaban J connectivity index is 1.68. The van der Waals surface area contributed by atoms with E-state index in [-0.39, 0.29) is 5.91 Å². The first-order chi connectivity index (χ1) is 10.2. The maximum atomic E-state index is 12.2. The van der Waals surface area contributed by atoms with E-state index in [1.807, 2.05) is 18.2 Å². The van der Waals surface area contributed by atoms with Gasteiger partial charge in [0.25, 0.3) is 5.91 Å². The molecule has 0 aliphatic rings. The summed E-state index contributed by atoms with van der Waals surface area (Å²) >= 11 is 0. The average Bonchev–Trinajstić information content (AvgIpc) is 2.91. The van der Waals surface area contributed by atoms with Crippen LogP contribution in [-0.2, 0) is 6.42 Å². The minimum Gasteiger partial charge on any atom is -0.399 e. The van der Waals surface area contributed by atoms with Crippen molar-refractivity contribution < 1.29 is 4.79 Å². The fraction of sp³-hybridized carbons (Fsp3) is 0.133. The van der Waals surface area contributed by atoms with E-state index in [0.29, 0.717) is 17.9 Å². The third kappa shape index (κ3) is 2.84. The lowest BCUT2D eigenvalue weighted by Crippen LogP contribution is -2.26. The van der Waals surface area contributed by atoms with Crippen LogP contribution in [0.2, 0.25) is 0 Å². The topological polar surface area (TPSA) is 96.7 Å². The van der Waals surface area contributed by atoms with E-state index < -0.39 is 0 Å². The van der Waals surface area contributed by atoms with Crippen LogP contribution in [0, 0.1) is 0 Å². The molecular weight excluding hydrogens is 266 g/mol. The van der Waals surface area contributed by atoms with Gasteiger partial charge < -0.3 is 11.1 Å². The van der Waals surface area contributed by atoms with E-state index in [0.717, 1.165) is 22.9 Å². The number of rotatable bonds is 4. The molecule has 6 nitrogen and oxygen atoms in total. The highest BCUT2D eigenvalue weighted by atomic mass is 16.1. The summed E-state index contributed by atoms with van der Waals surface area (Å²) < 4.78 is 0. The van der Waals surface area contributed by atoms with Gasteiger partial charge in [-0.25, -0.2) is 0 Å². The Hall–Kier alpha value is -2.89. The van der Waals surface area contributed by atoms with Crippen molar-refractivity contribution in [1.29, 1.82) is 0 Å². The summed E-state index contributed by atoms with van der Waals surface area (Å²) in [5.74, 6) is -0.212. The first kappa shape index (κ1) is 13.1. The lowest BCUT2D eigenvalue weighted by atomic mass is 10.1. The number of amides is 1. The summed E-state index contributed by atoms with van der Waals surface area (Å²) in [4.78, 5) is 16.2. The molecule has 3 aromatic rings. The fourth-order valence-corrected chi connectivity index (χ4v) is 2.15. The lowest BCUT2D eigenvalue weighted by Gasteiger charge is -2.03. The molecule has 0 bridgehead atoms. The Bertz CT molecular complexity index is 766. The molecule has 0 atom stereocenters. The molecule has 4 N–H and O–H groups in total. The van der Waals surface area contributed by atoms with Crippen molar-refractivity contribution in [2.45, 2.75) is 6.42 Å². The molecular formula is C15H15N5O. The highest BCUT2D eigenvalue weighted by molar-refractivity contribution is 6.05. The Morgan fingerprint density at radius 2 is 2.24 bits per heavy atom. The van der Waals surface area contributed by atoms with E-state index >= 15 is 0 Å². The van der Waals surface area contributed by atoms with Crippen molar-refractivity contribution in [2.24, 2.45) is 0 Å². The van der Waals surface area contributed by atoms with Crippen LogP contribution in [0.25, 0.3) is 10.9 Å². The Labute approximate surface area is 121 Å². The number of hydrogen-bond donors (Lipinski definition) is 3. The average molecular weight is 281 g/mol. The van der Waals surface area contributed by atoms with Crippen LogP contribution in [-0.4, -0.2) is 27.6 Å². The third-order valence-corrected chi connectivity index (χ3v) is 3.22. The molecule has 0 radical (unpaired) electrons. The molecule has 3 rings (SSSR count). The second-order valence-corrected chi connectivity index (χ2v) is 4.74. The Morgan fingerprint density at radius 1 is 1.33 bits per heavy atom. The first-order valence-electron chi connectivity index (χ1n) is 6.65. The number of aromatic amines is 1. The second kappa shape index (κ2) is 5.62. The number of nitrogens with one attached hydrogen (secondary N) is 2. The number of fused-ring (bicyclic) bond motifs is 1. The molecule has 0 aliphatic carbocycles. The van der Waals surface area contributed by atoms with Crippen molar-refractivity contribution in [3.8, 4) is 0 Å². The van der Waals surface area contributed by atoms with Gasteiger partial charge in [0.2, 0.25) is 0 Å². The quantitative estimate of drug-likeness (QED) is 0.631. The molecule has 106 valence electrons. The van der Waals surface area contributed by atoms with Crippen LogP contribution in [0.1, 0.15) is 16.1 Å². The number of nitrogens with zero attached hydrogens (tertiary/aromatic N) is 2. The van der Waals surface area contributed by atoms with Gasteiger partial charge in [-0.05, 0) is 36.2 Å². The van der Waals surface area contributed by atoms with Crippen molar-refractivity contribution in [1.82, 2.24) is 20.5 Å². The Morgan fingerprint density at radius 3 is 3.05 bits per heavy atom. The number of pyridine rings is 1. The highest BCUT2D eigenvalue weighted by Gasteiger charge is 2.13. The van der Waals surface area contributed by atoms with Crippen LogP contribution < -0.4 is 11.1 Å². The van der Waals surface area contributed by atoms with Crippen molar-refractivity contribution in [2.75, 3.05) is 12.3 Å². The van der Waals surface area contributed by atoms with E-state index in [2.05, 4.69) is 20.5 Å². The molecule has 2 heterocycles. The van der Waals surface area contributed by atoms with Gasteiger partial charge in [-0.1, -0.05) is 6.07 Å². The molecule has 0 unspecified atom stereocenters. The number of hydrogen-bond acceptors (Lipinski definition) is 4. The summed E-state index contributed by atoms with van der Waals surface area (Å²) in [5, 5.41) is 10.5. The van der Waals surface area contributed by atoms with E-state index in [1.54, 1.807) is 24.5 Å². The summed E-state index contributed by atoms with van der Waals surface area (Å²) in [6.45, 7) is 0.529. The second-order valence-electron chi connectivity index (χ2n) is 4.74. The molecule has 6 heteroatoms. The number of H-pyrrole nitrogens is 1. The van der Waals surface area contributed by atoms with Crippen LogP contribution in [0.4, 0.5) is 5.69 Å². The number of benzene rings is 1. The van der Waals surface area contributed by atoms with Crippen LogP contribution in [0.3, 0.4) is 0 Å². The zero-order valence-electron chi connectivity index (χ0n) is 11.3. The first-order valence-corrected chi connectivity index (χ1v) is 6.65. The standard InChI is InChI=1S/C15H15N5O/c16-11-3-4-13-12(8-11)14(20-19-13)15(21)18-7-5-10-2-1-6-17-9-10/h1-4,6,8-9H,5,7,16H2,(H,18,21)(H,19,20). The molecule has 21 heavy (non-hydrogen) atoms. The SMILES string of the molecule is Nc1ccc2[nH]nc(C(=O)NCCc3cccnc3)c2c1. The maximum absolute atomic E-state index is 12.2. The van der Waals surface area contributed by atoms with Crippen molar-refractivity contribution >= 4 is 22.5 Å². The van der Waals surface area contributed by atoms with Crippen molar-refractivity contribution in [3.63, 3.8) is 0 Å². The number of nitrogen functional groups attached to an aromatic ring is 1. The van der Waals surface area contributed by atoms with Gasteiger partial charge in [0.05, 0.1) is 5.52 Å². The monoisotopic (exact) mass is 281 g/mol. The fourth-order valence-electron chi connectivity index (χ4n) is 2.15. The van der Waals surface area contributed by atoms with E-state index in [9.17, 15) is 4.79 Å². The van der Waals surface area contributed by atoms with Crippen LogP contribution >= 0.6 is 0 Å². The van der Waals surface area contributed by atoms with Gasteiger partial charge in [-0.15, -0.1) is 0 Å². The number of anilines is 1. The number of carbonyl (C=O) groups is 1. The minimum atomic E-state index is -0.212. The molecule has 1 amide bonds. The van der Waals surface area contributed by atoms with Gasteiger partial charge in [-0.2, -0.15) is 5.10 Å². The van der Waals surface area contributed by atoms with Crippen molar-refractivity contribution in [3.05, 3.63) is 54.0 Å². The Kier molecular flexibility index (Phi) is 3.51. The van der Waals surface area contributed by atoms with Gasteiger partial charge in [-0.3, -0.25) is 14.9 Å². The molecule has 0 fully saturated rings. The number of nitrogens with two attached hydrogens (primary N) is 1. The van der Waals surface area contributed by atoms with Gasteiger partial charge >= 0.3 is 0 Å². The molecule has 0 saturated carbocycles. The van der Waals surface area contributed by atoms with Gasteiger partial charge in [0, 0.05) is 30.0 Å². The maximum Gasteiger partial charge on any atom is 0.272 e. The summed E-state index contributed by atoms with van der Waals surface area (Å²) in [6, 6.07) is 9.18. The van der Waals surface area contributed by atoms with Gasteiger partial charge in [0.1, 0.15) is 0 Å². The van der Waals surface area contributed by atoms with E-state index in [1.165, 1.54) is 0 Å². The minimum absolute atomic E-state index is 0.212. The molecule has 0 spiro atoms. The smallest absolute Gasteiger partial charge is 0.272 e. The number of aromatic nitrogens is 3. The van der Waals surface area contributed by atoms with Gasteiger partial charge in [0.15, 0.2) is 5.69 Å². The zero-order valence-corrected chi connectivity index (χ0v) is 11.3. The largest absolute Gasteiger partial charge is 0.399 e. The lowest BCUT2D eigenvalue weighted by molar-refractivity contribution is 0.0950. The van der Waals surface area contributed by atoms with Crippen LogP contribution in [0.15, 0.2) is 42.7 Å². The summed E-state index contributed by atoms with van der Waals surface area (Å²) in [7, 11) is 0. The normalized spacial score (nSPS) is 10.7. The third-order valence-electron chi connectivity index (χ3n) is 3.22. The summed E-state index contributed by atoms with van der Waals surface area (Å²) in [6.07, 6.45) is 4.24. The summed E-state index contributed by atoms with van der Waals surface area (Å²) in [5.41, 5.74) is 8.59. The highest BCUT2D eigenvalue weighted by Crippen LogP contribution is 2.18. The predicted octanol–water partition coefficient (Wildman–Crippen LogP) is 1.51. The molecule has 2 aromatic heterocycles. The number of carbonyl (C=O) groups excluding carboxylic acids is 1.